The van der Waals surface area contributed by atoms with Crippen molar-refractivity contribution in [3.05, 3.63) is 35.0 Å². The molecule has 0 aromatic carbocycles. The molecule has 0 spiro atoms. The van der Waals surface area contributed by atoms with Gasteiger partial charge in [0.05, 0.1) is 7.11 Å². The lowest BCUT2D eigenvalue weighted by Gasteiger charge is -2.14. The minimum absolute atomic E-state index is 0.545. The lowest BCUT2D eigenvalue weighted by Crippen LogP contribution is -1.99. The minimum atomic E-state index is 0.545. The Morgan fingerprint density at radius 2 is 2.18 bits per heavy atom. The summed E-state index contributed by atoms with van der Waals surface area (Å²) in [6, 6.07) is 2.01. The largest absolute Gasteiger partial charge is 0.481 e. The van der Waals surface area contributed by atoms with E-state index >= 15 is 0 Å². The fourth-order valence-electron chi connectivity index (χ4n) is 1.95. The maximum absolute atomic E-state index is 5.12. The maximum Gasteiger partial charge on any atom is 0.213 e. The van der Waals surface area contributed by atoms with Gasteiger partial charge >= 0.3 is 0 Å². The van der Waals surface area contributed by atoms with Gasteiger partial charge in [0.25, 0.3) is 0 Å². The summed E-state index contributed by atoms with van der Waals surface area (Å²) >= 11 is 0. The molecule has 17 heavy (non-hydrogen) atoms. The molecule has 2 nitrogen and oxygen atoms in total. The number of hydrogen-bond acceptors (Lipinski definition) is 2. The van der Waals surface area contributed by atoms with Crippen LogP contribution in [0.5, 0.6) is 5.88 Å². The zero-order valence-corrected chi connectivity index (χ0v) is 11.6. The number of hydrogen-bond donors (Lipinski definition) is 0. The molecule has 0 fully saturated rings. The van der Waals surface area contributed by atoms with E-state index in [9.17, 15) is 0 Å². The molecule has 2 heteroatoms. The number of aromatic nitrogens is 1. The highest BCUT2D eigenvalue weighted by Crippen LogP contribution is 2.25. The average Bonchev–Trinajstić information content (AvgIpc) is 2.28. The predicted molar refractivity (Wildman–Crippen MR) is 72.6 cm³/mol. The van der Waals surface area contributed by atoms with Crippen LogP contribution in [0.15, 0.2) is 23.9 Å². The van der Waals surface area contributed by atoms with Gasteiger partial charge in [-0.25, -0.2) is 4.98 Å². The van der Waals surface area contributed by atoms with Gasteiger partial charge in [0, 0.05) is 12.3 Å². The Morgan fingerprint density at radius 1 is 1.47 bits per heavy atom. The van der Waals surface area contributed by atoms with Crippen LogP contribution in [0.1, 0.15) is 50.7 Å². The molecule has 1 aromatic heterocycles. The Bertz CT molecular complexity index is 392. The van der Waals surface area contributed by atoms with Crippen molar-refractivity contribution >= 4 is 0 Å². The van der Waals surface area contributed by atoms with Crippen LogP contribution in [0.4, 0.5) is 0 Å². The van der Waals surface area contributed by atoms with E-state index in [-0.39, 0.29) is 0 Å². The molecule has 1 heterocycles. The molecule has 0 N–H and O–H groups in total. The van der Waals surface area contributed by atoms with Gasteiger partial charge in [-0.3, -0.25) is 0 Å². The van der Waals surface area contributed by atoms with Gasteiger partial charge in [-0.1, -0.05) is 18.6 Å². The number of rotatable bonds is 5. The van der Waals surface area contributed by atoms with Crippen molar-refractivity contribution < 1.29 is 4.74 Å². The fourth-order valence-corrected chi connectivity index (χ4v) is 1.95. The first-order valence-corrected chi connectivity index (χ1v) is 6.18. The molecule has 1 atom stereocenters. The predicted octanol–water partition coefficient (Wildman–Crippen LogP) is 4.25. The maximum atomic E-state index is 5.12. The van der Waals surface area contributed by atoms with Crippen molar-refractivity contribution in [2.75, 3.05) is 7.11 Å². The number of methoxy groups -OCH3 is 1. The number of aryl methyl sites for hydroxylation is 1. The summed E-state index contributed by atoms with van der Waals surface area (Å²) in [6.45, 7) is 8.67. The van der Waals surface area contributed by atoms with E-state index in [1.165, 1.54) is 23.1 Å². The number of ether oxygens (including phenoxy) is 1. The lowest BCUT2D eigenvalue weighted by molar-refractivity contribution is 0.397. The van der Waals surface area contributed by atoms with Crippen LogP contribution in [-0.2, 0) is 0 Å². The van der Waals surface area contributed by atoms with Crippen molar-refractivity contribution in [2.45, 2.75) is 46.5 Å². The minimum Gasteiger partial charge on any atom is -0.481 e. The van der Waals surface area contributed by atoms with Crippen molar-refractivity contribution in [2.24, 2.45) is 0 Å². The third-order valence-electron chi connectivity index (χ3n) is 3.02. The quantitative estimate of drug-likeness (QED) is 0.709. The van der Waals surface area contributed by atoms with Gasteiger partial charge in [-0.15, -0.1) is 0 Å². The number of pyridine rings is 1. The van der Waals surface area contributed by atoms with E-state index < -0.39 is 0 Å². The smallest absolute Gasteiger partial charge is 0.213 e. The van der Waals surface area contributed by atoms with Crippen molar-refractivity contribution in [1.29, 1.82) is 0 Å². The molecule has 0 bridgehead atoms. The topological polar surface area (TPSA) is 22.1 Å². The zero-order chi connectivity index (χ0) is 12.8. The Hall–Kier alpha value is -1.31. The van der Waals surface area contributed by atoms with Crippen LogP contribution in [0.2, 0.25) is 0 Å². The van der Waals surface area contributed by atoms with Crippen LogP contribution in [0.25, 0.3) is 0 Å². The van der Waals surface area contributed by atoms with E-state index in [0.717, 1.165) is 6.42 Å². The second-order valence-corrected chi connectivity index (χ2v) is 4.84. The summed E-state index contributed by atoms with van der Waals surface area (Å²) < 4.78 is 5.12. The van der Waals surface area contributed by atoms with Crippen LogP contribution in [-0.4, -0.2) is 12.1 Å². The average molecular weight is 233 g/mol. The summed E-state index contributed by atoms with van der Waals surface area (Å²) in [5.41, 5.74) is 3.98. The zero-order valence-electron chi connectivity index (χ0n) is 11.6. The van der Waals surface area contributed by atoms with Gasteiger partial charge in [0.15, 0.2) is 0 Å². The van der Waals surface area contributed by atoms with Gasteiger partial charge in [-0.05, 0) is 50.7 Å². The summed E-state index contributed by atoms with van der Waals surface area (Å²) in [4.78, 5) is 4.28. The van der Waals surface area contributed by atoms with Gasteiger partial charge in [-0.2, -0.15) is 0 Å². The molecule has 94 valence electrons. The van der Waals surface area contributed by atoms with Crippen LogP contribution in [0.3, 0.4) is 0 Å². The summed E-state index contributed by atoms with van der Waals surface area (Å²) in [5, 5.41) is 0. The van der Waals surface area contributed by atoms with Gasteiger partial charge in [0.1, 0.15) is 0 Å². The van der Waals surface area contributed by atoms with Crippen molar-refractivity contribution in [1.82, 2.24) is 4.98 Å². The highest BCUT2D eigenvalue weighted by Gasteiger charge is 2.09. The first kappa shape index (κ1) is 13.8. The van der Waals surface area contributed by atoms with Gasteiger partial charge in [0.2, 0.25) is 5.88 Å². The van der Waals surface area contributed by atoms with E-state index in [1.54, 1.807) is 7.11 Å². The molecule has 0 amide bonds. The Morgan fingerprint density at radius 3 is 2.71 bits per heavy atom. The number of nitrogens with zero attached hydrogens (tertiary/aromatic N) is 1. The molecule has 0 aliphatic carbocycles. The van der Waals surface area contributed by atoms with Crippen molar-refractivity contribution in [3.8, 4) is 5.88 Å². The van der Waals surface area contributed by atoms with E-state index in [1.807, 2.05) is 12.3 Å². The second kappa shape index (κ2) is 6.43. The molecule has 1 aromatic rings. The molecule has 1 unspecified atom stereocenters. The normalized spacial score (nSPS) is 12.1. The Kier molecular flexibility index (Phi) is 5.20. The van der Waals surface area contributed by atoms with Crippen molar-refractivity contribution in [3.63, 3.8) is 0 Å². The molecule has 0 radical (unpaired) electrons. The molecule has 0 saturated carbocycles. The fraction of sp³-hybridized carbons (Fsp3) is 0.533. The first-order valence-electron chi connectivity index (χ1n) is 6.18. The van der Waals surface area contributed by atoms with E-state index in [0.29, 0.717) is 11.8 Å². The first-order chi connectivity index (χ1) is 8.04. The standard InChI is InChI=1S/C15H23NO/c1-11(2)7-6-8-12(3)14-10-16-15(17-5)9-13(14)4/h7,9-10,12H,6,8H2,1-5H3. The van der Waals surface area contributed by atoms with Crippen LogP contribution >= 0.6 is 0 Å². The highest BCUT2D eigenvalue weighted by atomic mass is 16.5. The summed E-state index contributed by atoms with van der Waals surface area (Å²) in [5.74, 6) is 1.24. The molecule has 0 saturated heterocycles. The number of allylic oxidation sites excluding steroid dienone is 2. The molecular weight excluding hydrogens is 210 g/mol. The van der Waals surface area contributed by atoms with E-state index in [2.05, 4.69) is 38.8 Å². The van der Waals surface area contributed by atoms with Crippen LogP contribution in [0, 0.1) is 6.92 Å². The Labute approximate surface area is 105 Å². The third-order valence-corrected chi connectivity index (χ3v) is 3.02. The van der Waals surface area contributed by atoms with E-state index in [4.69, 9.17) is 4.74 Å². The monoisotopic (exact) mass is 233 g/mol. The molecule has 1 rings (SSSR count). The second-order valence-electron chi connectivity index (χ2n) is 4.84. The van der Waals surface area contributed by atoms with Gasteiger partial charge < -0.3 is 4.74 Å². The Balaban J connectivity index is 2.68. The molecular formula is C15H23NO. The summed E-state index contributed by atoms with van der Waals surface area (Å²) in [6.07, 6.45) is 6.54. The highest BCUT2D eigenvalue weighted by molar-refractivity contribution is 5.30. The third kappa shape index (κ3) is 4.22. The SMILES string of the molecule is COc1cc(C)c(C(C)CCC=C(C)C)cn1. The molecule has 0 aliphatic heterocycles. The lowest BCUT2D eigenvalue weighted by atomic mass is 9.94. The summed E-state index contributed by atoms with van der Waals surface area (Å²) in [7, 11) is 1.65. The molecule has 0 aliphatic rings. The van der Waals surface area contributed by atoms with Crippen LogP contribution < -0.4 is 4.74 Å².